The zero-order chi connectivity index (χ0) is 21.6. The van der Waals surface area contributed by atoms with Crippen molar-refractivity contribution in [2.45, 2.75) is 25.6 Å². The minimum absolute atomic E-state index is 0.103. The number of hydrogen-bond acceptors (Lipinski definition) is 3. The van der Waals surface area contributed by atoms with Crippen molar-refractivity contribution >= 4 is 5.91 Å². The third kappa shape index (κ3) is 6.37. The predicted octanol–water partition coefficient (Wildman–Crippen LogP) is 5.28. The van der Waals surface area contributed by atoms with Crippen LogP contribution in [0.25, 0.3) is 11.3 Å². The summed E-state index contributed by atoms with van der Waals surface area (Å²) in [4.78, 5) is 12.0. The monoisotopic (exact) mass is 421 g/mol. The normalized spacial score (nSPS) is 11.3. The summed E-state index contributed by atoms with van der Waals surface area (Å²) in [6, 6.07) is 15.6. The summed E-state index contributed by atoms with van der Waals surface area (Å²) < 4.78 is 60.4. The van der Waals surface area contributed by atoms with Gasteiger partial charge < -0.3 is 14.5 Å². The second-order valence-corrected chi connectivity index (χ2v) is 6.57. The van der Waals surface area contributed by atoms with Crippen LogP contribution in [-0.4, -0.2) is 18.7 Å². The summed E-state index contributed by atoms with van der Waals surface area (Å²) in [5.74, 6) is 0.471. The van der Waals surface area contributed by atoms with Crippen molar-refractivity contribution in [1.82, 2.24) is 5.32 Å². The summed E-state index contributed by atoms with van der Waals surface area (Å²) in [6.45, 7) is -1.12. The average molecular weight is 421 g/mol. The molecule has 0 aliphatic rings. The maximum atomic E-state index is 13.8. The molecule has 0 fully saturated rings. The number of furan rings is 1. The van der Waals surface area contributed by atoms with Crippen LogP contribution in [0.3, 0.4) is 0 Å². The van der Waals surface area contributed by atoms with Crippen LogP contribution in [0.5, 0.6) is 5.75 Å². The molecule has 0 atom stereocenters. The van der Waals surface area contributed by atoms with E-state index in [0.717, 1.165) is 5.56 Å². The number of carbonyl (C=O) groups is 1. The molecule has 0 unspecified atom stereocenters. The fourth-order valence-corrected chi connectivity index (χ4v) is 2.71. The zero-order valence-electron chi connectivity index (χ0n) is 15.8. The molecule has 3 rings (SSSR count). The smallest absolute Gasteiger partial charge is 0.422 e. The van der Waals surface area contributed by atoms with Gasteiger partial charge in [0.05, 0.1) is 5.56 Å². The molecule has 4 nitrogen and oxygen atoms in total. The highest BCUT2D eigenvalue weighted by Crippen LogP contribution is 2.25. The van der Waals surface area contributed by atoms with E-state index in [1.54, 1.807) is 42.5 Å². The quantitative estimate of drug-likeness (QED) is 0.504. The lowest BCUT2D eigenvalue weighted by atomic mass is 10.1. The van der Waals surface area contributed by atoms with Gasteiger partial charge in [-0.15, -0.1) is 0 Å². The van der Waals surface area contributed by atoms with Gasteiger partial charge in [-0.05, 0) is 42.0 Å². The molecule has 3 aromatic rings. The molecule has 0 aliphatic carbocycles. The average Bonchev–Trinajstić information content (AvgIpc) is 3.18. The van der Waals surface area contributed by atoms with E-state index >= 15 is 0 Å². The first-order valence-corrected chi connectivity index (χ1v) is 9.19. The molecule has 0 radical (unpaired) electrons. The molecule has 0 spiro atoms. The lowest BCUT2D eigenvalue weighted by Gasteiger charge is -2.10. The second kappa shape index (κ2) is 9.47. The molecule has 0 bridgehead atoms. The molecule has 30 heavy (non-hydrogen) atoms. The molecule has 0 saturated heterocycles. The number of hydrogen-bond donors (Lipinski definition) is 1. The van der Waals surface area contributed by atoms with Gasteiger partial charge in [-0.3, -0.25) is 4.79 Å². The Labute approximate surface area is 170 Å². The number of ether oxygens (including phenoxy) is 1. The maximum absolute atomic E-state index is 13.8. The van der Waals surface area contributed by atoms with Crippen LogP contribution in [0.1, 0.15) is 17.7 Å². The molecule has 158 valence electrons. The Balaban J connectivity index is 1.44. The third-order valence-corrected chi connectivity index (χ3v) is 4.21. The molecular weight excluding hydrogens is 402 g/mol. The van der Waals surface area contributed by atoms with Crippen molar-refractivity contribution in [2.75, 3.05) is 6.61 Å². The summed E-state index contributed by atoms with van der Waals surface area (Å²) in [6.07, 6.45) is -3.86. The van der Waals surface area contributed by atoms with E-state index in [1.807, 2.05) is 0 Å². The van der Waals surface area contributed by atoms with Crippen LogP contribution < -0.4 is 10.1 Å². The van der Waals surface area contributed by atoms with Crippen molar-refractivity contribution < 1.29 is 31.5 Å². The molecule has 2 aromatic carbocycles. The first-order chi connectivity index (χ1) is 14.3. The predicted molar refractivity (Wildman–Crippen MR) is 102 cm³/mol. The topological polar surface area (TPSA) is 51.5 Å². The molecule has 1 aromatic heterocycles. The number of amides is 1. The Hall–Kier alpha value is -3.29. The third-order valence-electron chi connectivity index (χ3n) is 4.21. The van der Waals surface area contributed by atoms with Gasteiger partial charge in [0, 0.05) is 19.4 Å². The maximum Gasteiger partial charge on any atom is 0.422 e. The van der Waals surface area contributed by atoms with Gasteiger partial charge in [-0.25, -0.2) is 4.39 Å². The van der Waals surface area contributed by atoms with Gasteiger partial charge in [0.2, 0.25) is 5.91 Å². The lowest BCUT2D eigenvalue weighted by Crippen LogP contribution is -2.23. The van der Waals surface area contributed by atoms with E-state index in [-0.39, 0.29) is 30.4 Å². The molecule has 1 amide bonds. The van der Waals surface area contributed by atoms with Gasteiger partial charge >= 0.3 is 6.18 Å². The van der Waals surface area contributed by atoms with Crippen molar-refractivity contribution in [1.29, 1.82) is 0 Å². The highest BCUT2D eigenvalue weighted by Gasteiger charge is 2.28. The highest BCUT2D eigenvalue weighted by atomic mass is 19.4. The van der Waals surface area contributed by atoms with Gasteiger partial charge in [-0.2, -0.15) is 13.2 Å². The lowest BCUT2D eigenvalue weighted by molar-refractivity contribution is -0.153. The highest BCUT2D eigenvalue weighted by molar-refractivity contribution is 5.76. The Morgan fingerprint density at radius 2 is 1.73 bits per heavy atom. The minimum Gasteiger partial charge on any atom is -0.484 e. The first-order valence-electron chi connectivity index (χ1n) is 9.19. The van der Waals surface area contributed by atoms with Crippen molar-refractivity contribution in [3.63, 3.8) is 0 Å². The summed E-state index contributed by atoms with van der Waals surface area (Å²) in [5.41, 5.74) is 1.08. The Morgan fingerprint density at radius 1 is 1.00 bits per heavy atom. The Kier molecular flexibility index (Phi) is 6.76. The molecule has 0 aliphatic heterocycles. The van der Waals surface area contributed by atoms with Gasteiger partial charge in [0.1, 0.15) is 23.1 Å². The van der Waals surface area contributed by atoms with E-state index in [1.165, 1.54) is 18.2 Å². The SMILES string of the molecule is O=C(CCc1ccc(-c2ccccc2F)o1)NCc1ccc(OCC(F)(F)F)cc1. The van der Waals surface area contributed by atoms with Crippen LogP contribution in [0.4, 0.5) is 17.6 Å². The largest absolute Gasteiger partial charge is 0.484 e. The number of nitrogens with one attached hydrogen (secondary N) is 1. The number of aryl methyl sites for hydroxylation is 1. The molecule has 1 N–H and O–H groups in total. The minimum atomic E-state index is -4.39. The zero-order valence-corrected chi connectivity index (χ0v) is 15.8. The van der Waals surface area contributed by atoms with E-state index in [4.69, 9.17) is 4.42 Å². The van der Waals surface area contributed by atoms with Gasteiger partial charge in [-0.1, -0.05) is 24.3 Å². The van der Waals surface area contributed by atoms with Gasteiger partial charge in [0.25, 0.3) is 0 Å². The Morgan fingerprint density at radius 3 is 2.43 bits per heavy atom. The van der Waals surface area contributed by atoms with E-state index in [9.17, 15) is 22.4 Å². The number of benzene rings is 2. The second-order valence-electron chi connectivity index (χ2n) is 6.57. The van der Waals surface area contributed by atoms with Gasteiger partial charge in [0.15, 0.2) is 6.61 Å². The number of halogens is 4. The first kappa shape index (κ1) is 21.4. The summed E-state index contributed by atoms with van der Waals surface area (Å²) in [5, 5.41) is 2.73. The number of alkyl halides is 3. The van der Waals surface area contributed by atoms with Crippen LogP contribution in [-0.2, 0) is 17.8 Å². The number of carbonyl (C=O) groups excluding carboxylic acids is 1. The molecule has 1 heterocycles. The van der Waals surface area contributed by atoms with Crippen LogP contribution in [0, 0.1) is 5.82 Å². The molecule has 8 heteroatoms. The van der Waals surface area contributed by atoms with E-state index in [0.29, 0.717) is 23.5 Å². The fraction of sp³-hybridized carbons (Fsp3) is 0.227. The van der Waals surface area contributed by atoms with Crippen molar-refractivity contribution in [3.8, 4) is 17.1 Å². The molecular formula is C22H19F4NO3. The van der Waals surface area contributed by atoms with Crippen molar-refractivity contribution in [3.05, 3.63) is 77.8 Å². The number of rotatable bonds is 8. The van der Waals surface area contributed by atoms with Crippen LogP contribution in [0.15, 0.2) is 65.1 Å². The van der Waals surface area contributed by atoms with Crippen LogP contribution in [0.2, 0.25) is 0 Å². The standard InChI is InChI=1S/C22H19F4NO3/c23-19-4-2-1-3-18(19)20-11-9-17(30-20)10-12-21(28)27-13-15-5-7-16(8-6-15)29-14-22(24,25)26/h1-9,11H,10,12-14H2,(H,27,28). The molecule has 0 saturated carbocycles. The fourth-order valence-electron chi connectivity index (χ4n) is 2.71. The summed E-state index contributed by atoms with van der Waals surface area (Å²) in [7, 11) is 0. The van der Waals surface area contributed by atoms with E-state index in [2.05, 4.69) is 10.1 Å². The Bertz CT molecular complexity index is 981. The van der Waals surface area contributed by atoms with Crippen LogP contribution >= 0.6 is 0 Å². The van der Waals surface area contributed by atoms with Crippen molar-refractivity contribution in [2.24, 2.45) is 0 Å². The van der Waals surface area contributed by atoms with E-state index < -0.39 is 12.8 Å². The summed E-state index contributed by atoms with van der Waals surface area (Å²) >= 11 is 0.